The third-order valence-corrected chi connectivity index (χ3v) is 5.04. The Kier molecular flexibility index (Phi) is 6.44. The van der Waals surface area contributed by atoms with Crippen LogP contribution in [0.3, 0.4) is 0 Å². The van der Waals surface area contributed by atoms with Gasteiger partial charge in [-0.15, -0.1) is 11.3 Å². The van der Waals surface area contributed by atoms with Crippen molar-refractivity contribution in [3.05, 3.63) is 70.7 Å². The van der Waals surface area contributed by atoms with Crippen molar-refractivity contribution in [1.29, 1.82) is 0 Å². The summed E-state index contributed by atoms with van der Waals surface area (Å²) < 4.78 is 1.85. The van der Waals surface area contributed by atoms with E-state index in [9.17, 15) is 0 Å². The number of aromatic nitrogens is 2. The molecule has 0 saturated heterocycles. The van der Waals surface area contributed by atoms with E-state index in [1.165, 1.54) is 10.4 Å². The Morgan fingerprint density at radius 1 is 1.19 bits per heavy atom. The summed E-state index contributed by atoms with van der Waals surface area (Å²) in [6.45, 7) is 3.89. The first kappa shape index (κ1) is 18.2. The van der Waals surface area contributed by atoms with E-state index in [1.54, 1.807) is 13.2 Å². The summed E-state index contributed by atoms with van der Waals surface area (Å²) in [6, 6.07) is 14.6. The highest BCUT2D eigenvalue weighted by atomic mass is 32.1. The fourth-order valence-corrected chi connectivity index (χ4v) is 3.58. The Bertz CT molecular complexity index is 791. The van der Waals surface area contributed by atoms with Crippen molar-refractivity contribution in [3.8, 4) is 5.69 Å². The van der Waals surface area contributed by atoms with Crippen molar-refractivity contribution in [3.63, 3.8) is 0 Å². The van der Waals surface area contributed by atoms with Crippen LogP contribution in [-0.2, 0) is 13.0 Å². The minimum absolute atomic E-state index is 0.556. The maximum absolute atomic E-state index is 4.31. The molecule has 0 bridgehead atoms. The molecule has 0 radical (unpaired) electrons. The van der Waals surface area contributed by atoms with Gasteiger partial charge in [0.15, 0.2) is 5.96 Å². The maximum Gasteiger partial charge on any atom is 0.191 e. The van der Waals surface area contributed by atoms with Crippen LogP contribution in [0.15, 0.2) is 65.2 Å². The lowest BCUT2D eigenvalue weighted by atomic mass is 10.1. The molecular weight excluding hydrogens is 342 g/mol. The molecular formula is C20H25N5S. The van der Waals surface area contributed by atoms with Crippen LogP contribution in [0.2, 0.25) is 0 Å². The lowest BCUT2D eigenvalue weighted by Crippen LogP contribution is -2.39. The van der Waals surface area contributed by atoms with Gasteiger partial charge in [0.1, 0.15) is 0 Å². The third kappa shape index (κ3) is 5.20. The first-order valence-corrected chi connectivity index (χ1v) is 9.68. The molecule has 0 fully saturated rings. The van der Waals surface area contributed by atoms with Gasteiger partial charge >= 0.3 is 0 Å². The summed E-state index contributed by atoms with van der Waals surface area (Å²) in [5.74, 6) is 1.39. The molecule has 5 nitrogen and oxygen atoms in total. The lowest BCUT2D eigenvalue weighted by molar-refractivity contribution is 0.562. The first-order chi connectivity index (χ1) is 12.7. The molecule has 0 aliphatic heterocycles. The lowest BCUT2D eigenvalue weighted by Gasteiger charge is -2.16. The molecule has 3 aromatic rings. The molecule has 0 saturated carbocycles. The van der Waals surface area contributed by atoms with E-state index in [4.69, 9.17) is 0 Å². The van der Waals surface area contributed by atoms with Gasteiger partial charge in [-0.25, -0.2) is 4.68 Å². The van der Waals surface area contributed by atoms with E-state index in [0.717, 1.165) is 31.2 Å². The maximum atomic E-state index is 4.31. The molecule has 3 rings (SSSR count). The topological polar surface area (TPSA) is 54.2 Å². The van der Waals surface area contributed by atoms with Crippen LogP contribution in [0, 0.1) is 5.92 Å². The van der Waals surface area contributed by atoms with E-state index in [1.807, 2.05) is 28.3 Å². The minimum Gasteiger partial charge on any atom is -0.356 e. The van der Waals surface area contributed by atoms with Gasteiger partial charge in [-0.2, -0.15) is 5.10 Å². The standard InChI is InChI=1S/C20H25N5S/c1-16(13-19-5-3-12-26-19)14-22-20(21-2)23-15-17-6-8-18(9-7-17)25-11-4-10-24-25/h3-12,16H,13-15H2,1-2H3,(H2,21,22,23). The molecule has 0 amide bonds. The van der Waals surface area contributed by atoms with Gasteiger partial charge in [0, 0.05) is 37.4 Å². The number of benzene rings is 1. The Morgan fingerprint density at radius 3 is 2.69 bits per heavy atom. The number of aliphatic imine (C=N–C) groups is 1. The third-order valence-electron chi connectivity index (χ3n) is 4.14. The highest BCUT2D eigenvalue weighted by Gasteiger charge is 2.06. The summed E-state index contributed by atoms with van der Waals surface area (Å²) in [6.07, 6.45) is 4.82. The number of nitrogens with zero attached hydrogens (tertiary/aromatic N) is 3. The van der Waals surface area contributed by atoms with Crippen LogP contribution in [-0.4, -0.2) is 29.3 Å². The minimum atomic E-state index is 0.556. The molecule has 6 heteroatoms. The summed E-state index contributed by atoms with van der Waals surface area (Å²) in [4.78, 5) is 5.74. The van der Waals surface area contributed by atoms with Crippen LogP contribution < -0.4 is 10.6 Å². The second kappa shape index (κ2) is 9.20. The monoisotopic (exact) mass is 367 g/mol. The SMILES string of the molecule is CN=C(NCc1ccc(-n2cccn2)cc1)NCC(C)Cc1cccs1. The fourth-order valence-electron chi connectivity index (χ4n) is 2.71. The summed E-state index contributed by atoms with van der Waals surface area (Å²) in [5.41, 5.74) is 2.26. The molecule has 1 aromatic carbocycles. The van der Waals surface area contributed by atoms with Crippen molar-refractivity contribution in [2.75, 3.05) is 13.6 Å². The Hall–Kier alpha value is -2.60. The van der Waals surface area contributed by atoms with Crippen LogP contribution in [0.5, 0.6) is 0 Å². The number of rotatable bonds is 7. The summed E-state index contributed by atoms with van der Waals surface area (Å²) in [5, 5.41) is 13.2. The average molecular weight is 368 g/mol. The van der Waals surface area contributed by atoms with E-state index in [-0.39, 0.29) is 0 Å². The zero-order valence-electron chi connectivity index (χ0n) is 15.2. The highest BCUT2D eigenvalue weighted by Crippen LogP contribution is 2.13. The Labute approximate surface area is 158 Å². The number of thiophene rings is 1. The highest BCUT2D eigenvalue weighted by molar-refractivity contribution is 7.09. The first-order valence-electron chi connectivity index (χ1n) is 8.80. The predicted molar refractivity (Wildman–Crippen MR) is 109 cm³/mol. The van der Waals surface area contributed by atoms with Gasteiger partial charge in [0.05, 0.1) is 5.69 Å². The molecule has 1 unspecified atom stereocenters. The van der Waals surface area contributed by atoms with Gasteiger partial charge in [-0.05, 0) is 47.5 Å². The van der Waals surface area contributed by atoms with Gasteiger partial charge < -0.3 is 10.6 Å². The number of nitrogens with one attached hydrogen (secondary N) is 2. The van der Waals surface area contributed by atoms with E-state index in [0.29, 0.717) is 5.92 Å². The Balaban J connectivity index is 1.45. The number of hydrogen-bond acceptors (Lipinski definition) is 3. The van der Waals surface area contributed by atoms with E-state index in [2.05, 4.69) is 69.4 Å². The molecule has 0 aliphatic rings. The Morgan fingerprint density at radius 2 is 2.04 bits per heavy atom. The van der Waals surface area contributed by atoms with Crippen molar-refractivity contribution in [2.24, 2.45) is 10.9 Å². The average Bonchev–Trinajstić information content (AvgIpc) is 3.36. The zero-order valence-corrected chi connectivity index (χ0v) is 16.0. The van der Waals surface area contributed by atoms with Crippen molar-refractivity contribution < 1.29 is 0 Å². The van der Waals surface area contributed by atoms with Gasteiger partial charge in [0.2, 0.25) is 0 Å². The van der Waals surface area contributed by atoms with Crippen molar-refractivity contribution >= 4 is 17.3 Å². The fraction of sp³-hybridized carbons (Fsp3) is 0.300. The molecule has 26 heavy (non-hydrogen) atoms. The van der Waals surface area contributed by atoms with E-state index < -0.39 is 0 Å². The summed E-state index contributed by atoms with van der Waals surface area (Å²) >= 11 is 1.82. The van der Waals surface area contributed by atoms with E-state index >= 15 is 0 Å². The molecule has 136 valence electrons. The molecule has 2 heterocycles. The molecule has 0 spiro atoms. The van der Waals surface area contributed by atoms with Crippen LogP contribution in [0.4, 0.5) is 0 Å². The quantitative estimate of drug-likeness (QED) is 0.497. The van der Waals surface area contributed by atoms with Crippen molar-refractivity contribution in [2.45, 2.75) is 19.9 Å². The predicted octanol–water partition coefficient (Wildman–Crippen LogP) is 3.48. The van der Waals surface area contributed by atoms with Crippen LogP contribution >= 0.6 is 11.3 Å². The van der Waals surface area contributed by atoms with Crippen LogP contribution in [0.1, 0.15) is 17.4 Å². The van der Waals surface area contributed by atoms with Crippen molar-refractivity contribution in [1.82, 2.24) is 20.4 Å². The second-order valence-corrected chi connectivity index (χ2v) is 7.34. The van der Waals surface area contributed by atoms with Gasteiger partial charge in [-0.1, -0.05) is 25.1 Å². The zero-order chi connectivity index (χ0) is 18.2. The van der Waals surface area contributed by atoms with Gasteiger partial charge in [-0.3, -0.25) is 4.99 Å². The number of hydrogen-bond donors (Lipinski definition) is 2. The normalized spacial score (nSPS) is 12.8. The molecule has 1 atom stereocenters. The van der Waals surface area contributed by atoms with Gasteiger partial charge in [0.25, 0.3) is 0 Å². The smallest absolute Gasteiger partial charge is 0.191 e. The summed E-state index contributed by atoms with van der Waals surface area (Å²) in [7, 11) is 1.81. The largest absolute Gasteiger partial charge is 0.356 e. The second-order valence-electron chi connectivity index (χ2n) is 6.31. The van der Waals surface area contributed by atoms with Crippen LogP contribution in [0.25, 0.3) is 5.69 Å². The number of guanidine groups is 1. The molecule has 0 aliphatic carbocycles. The molecule has 2 aromatic heterocycles. The molecule has 2 N–H and O–H groups in total.